The Hall–Kier alpha value is -1.62. The molecular weight excluding hydrogens is 212 g/mol. The minimum atomic E-state index is -1.03. The van der Waals surface area contributed by atoms with Crippen LogP contribution in [-0.4, -0.2) is 36.4 Å². The Morgan fingerprint density at radius 2 is 1.94 bits per heavy atom. The Morgan fingerprint density at radius 1 is 1.38 bits per heavy atom. The van der Waals surface area contributed by atoms with Crippen LogP contribution in [0.2, 0.25) is 0 Å². The van der Waals surface area contributed by atoms with Gasteiger partial charge in [0.15, 0.2) is 0 Å². The molecule has 1 N–H and O–H groups in total. The van der Waals surface area contributed by atoms with E-state index in [2.05, 4.69) is 16.1 Å². The second-order valence-corrected chi connectivity index (χ2v) is 3.16. The fraction of sp³-hybridized carbons (Fsp3) is 0.455. The van der Waals surface area contributed by atoms with E-state index >= 15 is 0 Å². The van der Waals surface area contributed by atoms with Crippen molar-refractivity contribution in [1.29, 1.82) is 0 Å². The van der Waals surface area contributed by atoms with Gasteiger partial charge in [0.2, 0.25) is 0 Å². The van der Waals surface area contributed by atoms with Crippen molar-refractivity contribution in [3.8, 4) is 0 Å². The van der Waals surface area contributed by atoms with E-state index in [1.807, 2.05) is 0 Å². The maximum Gasteiger partial charge on any atom is 0.333 e. The highest BCUT2D eigenvalue weighted by molar-refractivity contribution is 5.86. The van der Waals surface area contributed by atoms with Crippen molar-refractivity contribution >= 4 is 11.9 Å². The normalized spacial score (nSPS) is 12.2. The predicted molar refractivity (Wildman–Crippen MR) is 57.6 cm³/mol. The molecule has 5 heteroatoms. The van der Waals surface area contributed by atoms with Gasteiger partial charge in [-0.15, -0.1) is 0 Å². The molecule has 0 aromatic heterocycles. The second kappa shape index (κ2) is 7.64. The summed E-state index contributed by atoms with van der Waals surface area (Å²) in [6.45, 7) is 6.11. The molecule has 0 saturated carbocycles. The molecule has 0 bridgehead atoms. The molecule has 0 aliphatic carbocycles. The van der Waals surface area contributed by atoms with Gasteiger partial charge in [-0.05, 0) is 13.8 Å². The summed E-state index contributed by atoms with van der Waals surface area (Å²) < 4.78 is 9.31. The number of esters is 2. The molecule has 90 valence electrons. The Morgan fingerprint density at radius 3 is 2.44 bits per heavy atom. The largest absolute Gasteiger partial charge is 0.460 e. The highest BCUT2D eigenvalue weighted by atomic mass is 16.6. The van der Waals surface area contributed by atoms with Crippen molar-refractivity contribution in [3.63, 3.8) is 0 Å². The lowest BCUT2D eigenvalue weighted by molar-refractivity contribution is -0.146. The molecule has 0 radical (unpaired) electrons. The number of aliphatic hydroxyl groups is 1. The third kappa shape index (κ3) is 6.78. The van der Waals surface area contributed by atoms with Gasteiger partial charge in [0.25, 0.3) is 0 Å². The third-order valence-electron chi connectivity index (χ3n) is 1.48. The molecule has 0 aliphatic heterocycles. The Bertz CT molecular complexity index is 293. The number of hydrogen-bond acceptors (Lipinski definition) is 5. The van der Waals surface area contributed by atoms with Crippen LogP contribution in [0, 0.1) is 0 Å². The average molecular weight is 228 g/mol. The first kappa shape index (κ1) is 14.4. The molecule has 0 heterocycles. The van der Waals surface area contributed by atoms with Crippen LogP contribution in [-0.2, 0) is 19.1 Å². The molecule has 1 unspecified atom stereocenters. The summed E-state index contributed by atoms with van der Waals surface area (Å²) in [4.78, 5) is 21.8. The van der Waals surface area contributed by atoms with Gasteiger partial charge in [-0.2, -0.15) is 0 Å². The summed E-state index contributed by atoms with van der Waals surface area (Å²) in [6, 6.07) is 0. The molecule has 0 rings (SSSR count). The monoisotopic (exact) mass is 228 g/mol. The van der Waals surface area contributed by atoms with E-state index in [1.165, 1.54) is 19.1 Å². The van der Waals surface area contributed by atoms with Gasteiger partial charge in [0.1, 0.15) is 19.3 Å². The quantitative estimate of drug-likeness (QED) is 0.532. The van der Waals surface area contributed by atoms with E-state index in [4.69, 9.17) is 0 Å². The molecule has 0 aromatic carbocycles. The number of carbonyl (C=O) groups excluding carboxylic acids is 2. The second-order valence-electron chi connectivity index (χ2n) is 3.16. The highest BCUT2D eigenvalue weighted by Crippen LogP contribution is 1.95. The van der Waals surface area contributed by atoms with Crippen molar-refractivity contribution in [2.75, 3.05) is 13.2 Å². The minimum absolute atomic E-state index is 0.216. The van der Waals surface area contributed by atoms with Gasteiger partial charge in [-0.1, -0.05) is 12.7 Å². The zero-order chi connectivity index (χ0) is 12.6. The van der Waals surface area contributed by atoms with Crippen molar-refractivity contribution in [2.45, 2.75) is 20.0 Å². The molecule has 1 atom stereocenters. The SMILES string of the molecule is C=C(C)C(=O)OCC(O)COC(=O)/C=C/C. The lowest BCUT2D eigenvalue weighted by Gasteiger charge is -2.10. The topological polar surface area (TPSA) is 72.8 Å². The maximum atomic E-state index is 10.9. The summed E-state index contributed by atoms with van der Waals surface area (Å²) >= 11 is 0. The lowest BCUT2D eigenvalue weighted by atomic mass is 10.3. The zero-order valence-electron chi connectivity index (χ0n) is 9.43. The fourth-order valence-electron chi connectivity index (χ4n) is 0.706. The molecule has 0 fully saturated rings. The Balaban J connectivity index is 3.75. The summed E-state index contributed by atoms with van der Waals surface area (Å²) in [5.74, 6) is -1.13. The number of carbonyl (C=O) groups is 2. The van der Waals surface area contributed by atoms with Crippen LogP contribution in [0.3, 0.4) is 0 Å². The molecule has 0 saturated heterocycles. The number of aliphatic hydroxyl groups excluding tert-OH is 1. The lowest BCUT2D eigenvalue weighted by Crippen LogP contribution is -2.25. The Kier molecular flexibility index (Phi) is 6.87. The number of rotatable bonds is 6. The van der Waals surface area contributed by atoms with Crippen molar-refractivity contribution in [2.24, 2.45) is 0 Å². The Labute approximate surface area is 94.4 Å². The van der Waals surface area contributed by atoms with Crippen LogP contribution in [0.15, 0.2) is 24.3 Å². The van der Waals surface area contributed by atoms with Crippen LogP contribution >= 0.6 is 0 Å². The fourth-order valence-corrected chi connectivity index (χ4v) is 0.706. The molecule has 0 aliphatic rings. The first-order chi connectivity index (χ1) is 7.47. The van der Waals surface area contributed by atoms with E-state index in [-0.39, 0.29) is 18.8 Å². The van der Waals surface area contributed by atoms with E-state index in [0.29, 0.717) is 0 Å². The van der Waals surface area contributed by atoms with Crippen LogP contribution in [0.5, 0.6) is 0 Å². The molecule has 0 spiro atoms. The van der Waals surface area contributed by atoms with Gasteiger partial charge < -0.3 is 14.6 Å². The van der Waals surface area contributed by atoms with Gasteiger partial charge >= 0.3 is 11.9 Å². The number of hydrogen-bond donors (Lipinski definition) is 1. The smallest absolute Gasteiger partial charge is 0.333 e. The molecular formula is C11H16O5. The molecule has 0 amide bonds. The van der Waals surface area contributed by atoms with Crippen molar-refractivity contribution < 1.29 is 24.2 Å². The van der Waals surface area contributed by atoms with Gasteiger partial charge in [-0.3, -0.25) is 0 Å². The summed E-state index contributed by atoms with van der Waals surface area (Å²) in [5, 5.41) is 9.29. The van der Waals surface area contributed by atoms with Crippen LogP contribution in [0.1, 0.15) is 13.8 Å². The van der Waals surface area contributed by atoms with Gasteiger partial charge in [0, 0.05) is 11.6 Å². The highest BCUT2D eigenvalue weighted by Gasteiger charge is 2.10. The first-order valence-corrected chi connectivity index (χ1v) is 4.77. The number of allylic oxidation sites excluding steroid dienone is 1. The van der Waals surface area contributed by atoms with E-state index < -0.39 is 18.0 Å². The van der Waals surface area contributed by atoms with Gasteiger partial charge in [-0.25, -0.2) is 9.59 Å². The summed E-state index contributed by atoms with van der Waals surface area (Å²) in [5.41, 5.74) is 0.248. The predicted octanol–water partition coefficient (Wildman–Crippen LogP) is 0.586. The van der Waals surface area contributed by atoms with Crippen LogP contribution in [0.4, 0.5) is 0 Å². The number of ether oxygens (including phenoxy) is 2. The van der Waals surface area contributed by atoms with E-state index in [0.717, 1.165) is 0 Å². The standard InChI is InChI=1S/C11H16O5/c1-4-5-10(13)15-6-9(12)7-16-11(14)8(2)3/h4-5,9,12H,2,6-7H2,1,3H3/b5-4+. The molecule has 16 heavy (non-hydrogen) atoms. The third-order valence-corrected chi connectivity index (χ3v) is 1.48. The molecule has 0 aromatic rings. The van der Waals surface area contributed by atoms with E-state index in [1.54, 1.807) is 6.92 Å². The minimum Gasteiger partial charge on any atom is -0.460 e. The average Bonchev–Trinajstić information content (AvgIpc) is 2.23. The van der Waals surface area contributed by atoms with Crippen LogP contribution in [0.25, 0.3) is 0 Å². The van der Waals surface area contributed by atoms with Gasteiger partial charge in [0.05, 0.1) is 0 Å². The summed E-state index contributed by atoms with van der Waals surface area (Å²) in [6.07, 6.45) is 1.72. The maximum absolute atomic E-state index is 10.9. The van der Waals surface area contributed by atoms with Crippen LogP contribution < -0.4 is 0 Å². The zero-order valence-corrected chi connectivity index (χ0v) is 9.43. The molecule has 5 nitrogen and oxygen atoms in total. The summed E-state index contributed by atoms with van der Waals surface area (Å²) in [7, 11) is 0. The van der Waals surface area contributed by atoms with Crippen molar-refractivity contribution in [3.05, 3.63) is 24.3 Å². The van der Waals surface area contributed by atoms with E-state index in [9.17, 15) is 14.7 Å². The van der Waals surface area contributed by atoms with Crippen molar-refractivity contribution in [1.82, 2.24) is 0 Å². The first-order valence-electron chi connectivity index (χ1n) is 4.77.